The van der Waals surface area contributed by atoms with Crippen molar-refractivity contribution >= 4 is 5.69 Å². The maximum absolute atomic E-state index is 10.5. The molecular weight excluding hydrogens is 256 g/mol. The van der Waals surface area contributed by atoms with E-state index in [1.807, 2.05) is 0 Å². The summed E-state index contributed by atoms with van der Waals surface area (Å²) >= 11 is 0. The van der Waals surface area contributed by atoms with E-state index < -0.39 is 4.92 Å². The Morgan fingerprint density at radius 2 is 2.00 bits per heavy atom. The lowest BCUT2D eigenvalue weighted by Gasteiger charge is -2.13. The Morgan fingerprint density at radius 1 is 1.30 bits per heavy atom. The van der Waals surface area contributed by atoms with Crippen molar-refractivity contribution in [3.8, 4) is 5.75 Å². The third-order valence-electron chi connectivity index (χ3n) is 3.15. The number of ether oxygens (including phenoxy) is 1. The van der Waals surface area contributed by atoms with Crippen molar-refractivity contribution in [1.82, 2.24) is 5.32 Å². The van der Waals surface area contributed by atoms with E-state index in [1.54, 1.807) is 12.1 Å². The van der Waals surface area contributed by atoms with Gasteiger partial charge in [0.25, 0.3) is 5.69 Å². The third kappa shape index (κ3) is 6.52. The van der Waals surface area contributed by atoms with Crippen LogP contribution < -0.4 is 10.1 Å². The predicted molar refractivity (Wildman–Crippen MR) is 80.2 cm³/mol. The average molecular weight is 280 g/mol. The lowest BCUT2D eigenvalue weighted by Crippen LogP contribution is -2.30. The van der Waals surface area contributed by atoms with E-state index in [0.29, 0.717) is 18.4 Å². The quantitative estimate of drug-likeness (QED) is 0.404. The fourth-order valence-electron chi connectivity index (χ4n) is 1.94. The number of non-ortho nitro benzene ring substituents is 1. The highest BCUT2D eigenvalue weighted by Crippen LogP contribution is 2.16. The first-order chi connectivity index (χ1) is 9.63. The SMILES string of the molecule is CCCCCC(C)NCCOc1ccc([N+](=O)[O-])cc1. The zero-order valence-electron chi connectivity index (χ0n) is 12.3. The maximum Gasteiger partial charge on any atom is 0.269 e. The lowest BCUT2D eigenvalue weighted by molar-refractivity contribution is -0.384. The minimum absolute atomic E-state index is 0.0834. The smallest absolute Gasteiger partial charge is 0.269 e. The van der Waals surface area contributed by atoms with Crippen LogP contribution in [0.25, 0.3) is 0 Å². The summed E-state index contributed by atoms with van der Waals surface area (Å²) < 4.78 is 5.53. The van der Waals surface area contributed by atoms with E-state index in [2.05, 4.69) is 19.2 Å². The van der Waals surface area contributed by atoms with E-state index in [9.17, 15) is 10.1 Å². The van der Waals surface area contributed by atoms with E-state index in [4.69, 9.17) is 4.74 Å². The first-order valence-corrected chi connectivity index (χ1v) is 7.24. The minimum atomic E-state index is -0.413. The molecule has 1 aromatic rings. The summed E-state index contributed by atoms with van der Waals surface area (Å²) in [7, 11) is 0. The number of hydrogen-bond donors (Lipinski definition) is 1. The molecule has 1 unspecified atom stereocenters. The second-order valence-corrected chi connectivity index (χ2v) is 4.95. The molecule has 0 aromatic heterocycles. The molecule has 1 aromatic carbocycles. The topological polar surface area (TPSA) is 64.4 Å². The molecule has 0 radical (unpaired) electrons. The van der Waals surface area contributed by atoms with Crippen LogP contribution in [0.1, 0.15) is 39.5 Å². The molecule has 0 heterocycles. The molecule has 112 valence electrons. The largest absolute Gasteiger partial charge is 0.492 e. The summed E-state index contributed by atoms with van der Waals surface area (Å²) in [5, 5.41) is 13.9. The maximum atomic E-state index is 10.5. The van der Waals surface area contributed by atoms with Gasteiger partial charge in [-0.25, -0.2) is 0 Å². The summed E-state index contributed by atoms with van der Waals surface area (Å²) in [6.07, 6.45) is 4.97. The number of rotatable bonds is 10. The molecule has 5 heteroatoms. The molecule has 20 heavy (non-hydrogen) atoms. The van der Waals surface area contributed by atoms with E-state index in [-0.39, 0.29) is 5.69 Å². The summed E-state index contributed by atoms with van der Waals surface area (Å²) in [5.74, 6) is 0.663. The van der Waals surface area contributed by atoms with Crippen LogP contribution in [0.15, 0.2) is 24.3 Å². The van der Waals surface area contributed by atoms with Crippen LogP contribution in [0.3, 0.4) is 0 Å². The number of nitro benzene ring substituents is 1. The molecule has 1 N–H and O–H groups in total. The van der Waals surface area contributed by atoms with Crippen LogP contribution >= 0.6 is 0 Å². The molecule has 0 aliphatic carbocycles. The third-order valence-corrected chi connectivity index (χ3v) is 3.15. The van der Waals surface area contributed by atoms with Crippen molar-refractivity contribution in [2.45, 2.75) is 45.6 Å². The molecular formula is C15H24N2O3. The first-order valence-electron chi connectivity index (χ1n) is 7.24. The second kappa shape index (κ2) is 9.31. The summed E-state index contributed by atoms with van der Waals surface area (Å²) in [4.78, 5) is 10.1. The van der Waals surface area contributed by atoms with Crippen molar-refractivity contribution in [1.29, 1.82) is 0 Å². The van der Waals surface area contributed by atoms with Gasteiger partial charge in [0.2, 0.25) is 0 Å². The molecule has 5 nitrogen and oxygen atoms in total. The van der Waals surface area contributed by atoms with Crippen molar-refractivity contribution in [2.75, 3.05) is 13.2 Å². The number of hydrogen-bond acceptors (Lipinski definition) is 4. The number of nitrogens with one attached hydrogen (secondary N) is 1. The first kappa shape index (κ1) is 16.4. The van der Waals surface area contributed by atoms with Gasteiger partial charge in [0.05, 0.1) is 4.92 Å². The fourth-order valence-corrected chi connectivity index (χ4v) is 1.94. The Bertz CT molecular complexity index is 393. The highest BCUT2D eigenvalue weighted by Gasteiger charge is 2.04. The standard InChI is InChI=1S/C15H24N2O3/c1-3-4-5-6-13(2)16-11-12-20-15-9-7-14(8-10-15)17(18)19/h7-10,13,16H,3-6,11-12H2,1-2H3. The molecule has 0 saturated heterocycles. The summed E-state index contributed by atoms with van der Waals surface area (Å²) in [5.41, 5.74) is 0.0834. The Morgan fingerprint density at radius 3 is 2.60 bits per heavy atom. The molecule has 0 aliphatic heterocycles. The Balaban J connectivity index is 2.16. The zero-order chi connectivity index (χ0) is 14.8. The van der Waals surface area contributed by atoms with Crippen LogP contribution in [0.5, 0.6) is 5.75 Å². The predicted octanol–water partition coefficient (Wildman–Crippen LogP) is 3.53. The molecule has 0 bridgehead atoms. The highest BCUT2D eigenvalue weighted by atomic mass is 16.6. The van der Waals surface area contributed by atoms with Crippen LogP contribution in [0, 0.1) is 10.1 Å². The van der Waals surface area contributed by atoms with Crippen LogP contribution in [0.4, 0.5) is 5.69 Å². The van der Waals surface area contributed by atoms with Gasteiger partial charge in [-0.2, -0.15) is 0 Å². The molecule has 0 saturated carbocycles. The van der Waals surface area contributed by atoms with E-state index in [0.717, 1.165) is 6.54 Å². The average Bonchev–Trinajstić information content (AvgIpc) is 2.44. The lowest BCUT2D eigenvalue weighted by atomic mass is 10.1. The van der Waals surface area contributed by atoms with Gasteiger partial charge in [0.1, 0.15) is 12.4 Å². The van der Waals surface area contributed by atoms with E-state index >= 15 is 0 Å². The second-order valence-electron chi connectivity index (χ2n) is 4.95. The van der Waals surface area contributed by atoms with Gasteiger partial charge in [-0.15, -0.1) is 0 Å². The Kier molecular flexibility index (Phi) is 7.65. The van der Waals surface area contributed by atoms with Crippen LogP contribution in [-0.2, 0) is 0 Å². The molecule has 0 fully saturated rings. The van der Waals surface area contributed by atoms with Crippen molar-refractivity contribution in [3.05, 3.63) is 34.4 Å². The molecule has 1 rings (SSSR count). The van der Waals surface area contributed by atoms with Gasteiger partial charge >= 0.3 is 0 Å². The van der Waals surface area contributed by atoms with Gasteiger partial charge in [-0.3, -0.25) is 10.1 Å². The fraction of sp³-hybridized carbons (Fsp3) is 0.600. The Labute approximate surface area is 120 Å². The van der Waals surface area contributed by atoms with Crippen molar-refractivity contribution in [2.24, 2.45) is 0 Å². The summed E-state index contributed by atoms with van der Waals surface area (Å²) in [6, 6.07) is 6.67. The monoisotopic (exact) mass is 280 g/mol. The molecule has 0 spiro atoms. The number of nitrogens with zero attached hydrogens (tertiary/aromatic N) is 1. The molecule has 1 atom stereocenters. The van der Waals surface area contributed by atoms with Gasteiger partial charge in [0.15, 0.2) is 0 Å². The van der Waals surface area contributed by atoms with Crippen molar-refractivity contribution < 1.29 is 9.66 Å². The highest BCUT2D eigenvalue weighted by molar-refractivity contribution is 5.35. The number of benzene rings is 1. The van der Waals surface area contributed by atoms with Gasteiger partial charge in [0, 0.05) is 24.7 Å². The Hall–Kier alpha value is -1.62. The van der Waals surface area contributed by atoms with Crippen LogP contribution in [0.2, 0.25) is 0 Å². The summed E-state index contributed by atoms with van der Waals surface area (Å²) in [6.45, 7) is 5.73. The van der Waals surface area contributed by atoms with Crippen molar-refractivity contribution in [3.63, 3.8) is 0 Å². The molecule has 0 aliphatic rings. The van der Waals surface area contributed by atoms with Crippen LogP contribution in [-0.4, -0.2) is 24.1 Å². The normalized spacial score (nSPS) is 12.1. The van der Waals surface area contributed by atoms with Gasteiger partial charge in [-0.05, 0) is 25.5 Å². The minimum Gasteiger partial charge on any atom is -0.492 e. The number of unbranched alkanes of at least 4 members (excludes halogenated alkanes) is 2. The zero-order valence-corrected chi connectivity index (χ0v) is 12.3. The van der Waals surface area contributed by atoms with Gasteiger partial charge < -0.3 is 10.1 Å². The number of nitro groups is 1. The van der Waals surface area contributed by atoms with Gasteiger partial charge in [-0.1, -0.05) is 26.2 Å². The molecule has 0 amide bonds. The van der Waals surface area contributed by atoms with E-state index in [1.165, 1.54) is 37.8 Å².